The Kier molecular flexibility index (Phi) is 6.51. The summed E-state index contributed by atoms with van der Waals surface area (Å²) in [5.41, 5.74) is 6.57. The first-order chi connectivity index (χ1) is 10.1. The number of methoxy groups -OCH3 is 1. The van der Waals surface area contributed by atoms with E-state index in [-0.39, 0.29) is 5.54 Å². The minimum atomic E-state index is 0.249. The maximum absolute atomic E-state index is 6.32. The summed E-state index contributed by atoms with van der Waals surface area (Å²) in [6.45, 7) is 6.72. The van der Waals surface area contributed by atoms with Crippen LogP contribution in [0.5, 0.6) is 0 Å². The molecule has 0 aromatic heterocycles. The quantitative estimate of drug-likeness (QED) is 0.780. The van der Waals surface area contributed by atoms with Crippen molar-refractivity contribution in [2.45, 2.75) is 89.3 Å². The number of hydrogen-bond donors (Lipinski definition) is 1. The number of nitrogens with two attached hydrogens (primary N) is 1. The minimum Gasteiger partial charge on any atom is -0.381 e. The molecule has 2 aliphatic carbocycles. The fourth-order valence-electron chi connectivity index (χ4n) is 4.39. The van der Waals surface area contributed by atoms with Crippen molar-refractivity contribution in [1.29, 1.82) is 0 Å². The van der Waals surface area contributed by atoms with E-state index in [0.29, 0.717) is 6.10 Å². The van der Waals surface area contributed by atoms with E-state index in [1.165, 1.54) is 64.3 Å². The van der Waals surface area contributed by atoms with Gasteiger partial charge in [-0.25, -0.2) is 0 Å². The maximum atomic E-state index is 6.32. The largest absolute Gasteiger partial charge is 0.381 e. The Hall–Kier alpha value is -0.120. The van der Waals surface area contributed by atoms with Crippen molar-refractivity contribution >= 4 is 0 Å². The van der Waals surface area contributed by atoms with Gasteiger partial charge in [-0.05, 0) is 57.4 Å². The van der Waals surface area contributed by atoms with Crippen molar-refractivity contribution < 1.29 is 4.74 Å². The molecule has 124 valence electrons. The summed E-state index contributed by atoms with van der Waals surface area (Å²) in [5, 5.41) is 0. The van der Waals surface area contributed by atoms with Crippen molar-refractivity contribution in [1.82, 2.24) is 4.90 Å². The molecule has 0 radical (unpaired) electrons. The molecule has 0 aromatic carbocycles. The van der Waals surface area contributed by atoms with Crippen LogP contribution in [-0.4, -0.2) is 42.8 Å². The molecule has 0 saturated heterocycles. The fourth-order valence-corrected chi connectivity index (χ4v) is 4.39. The molecule has 0 bridgehead atoms. The van der Waals surface area contributed by atoms with Crippen LogP contribution in [0.4, 0.5) is 0 Å². The van der Waals surface area contributed by atoms with Crippen molar-refractivity contribution in [3.8, 4) is 0 Å². The Morgan fingerprint density at radius 2 is 1.76 bits per heavy atom. The van der Waals surface area contributed by atoms with Crippen LogP contribution in [0.3, 0.4) is 0 Å². The van der Waals surface area contributed by atoms with Crippen molar-refractivity contribution in [2.75, 3.05) is 20.2 Å². The Bertz CT molecular complexity index is 292. The van der Waals surface area contributed by atoms with E-state index in [2.05, 4.69) is 18.7 Å². The first-order valence-corrected chi connectivity index (χ1v) is 9.11. The fraction of sp³-hybridized carbons (Fsp3) is 1.00. The third kappa shape index (κ3) is 4.20. The molecule has 0 aromatic rings. The van der Waals surface area contributed by atoms with Crippen LogP contribution in [0.25, 0.3) is 0 Å². The highest BCUT2D eigenvalue weighted by atomic mass is 16.5. The summed E-state index contributed by atoms with van der Waals surface area (Å²) in [7, 11) is 1.85. The number of nitrogens with zero attached hydrogens (tertiary/aromatic N) is 1. The van der Waals surface area contributed by atoms with Gasteiger partial charge in [0.25, 0.3) is 0 Å². The molecule has 2 aliphatic rings. The molecule has 0 amide bonds. The second-order valence-electron chi connectivity index (χ2n) is 7.68. The summed E-state index contributed by atoms with van der Waals surface area (Å²) < 4.78 is 5.57. The maximum Gasteiger partial charge on any atom is 0.0572 e. The predicted octanol–water partition coefficient (Wildman–Crippen LogP) is 3.56. The number of rotatable bonds is 7. The van der Waals surface area contributed by atoms with Gasteiger partial charge >= 0.3 is 0 Å². The third-order valence-corrected chi connectivity index (χ3v) is 5.90. The van der Waals surface area contributed by atoms with Gasteiger partial charge in [0, 0.05) is 25.2 Å². The van der Waals surface area contributed by atoms with E-state index in [9.17, 15) is 0 Å². The minimum absolute atomic E-state index is 0.249. The lowest BCUT2D eigenvalue weighted by molar-refractivity contribution is -0.0273. The van der Waals surface area contributed by atoms with Crippen LogP contribution in [-0.2, 0) is 4.74 Å². The Morgan fingerprint density at radius 3 is 2.24 bits per heavy atom. The molecule has 0 spiro atoms. The highest BCUT2D eigenvalue weighted by Crippen LogP contribution is 2.39. The van der Waals surface area contributed by atoms with E-state index in [1.807, 2.05) is 7.11 Å². The monoisotopic (exact) mass is 296 g/mol. The Morgan fingerprint density at radius 1 is 1.14 bits per heavy atom. The summed E-state index contributed by atoms with van der Waals surface area (Å²) >= 11 is 0. The van der Waals surface area contributed by atoms with Gasteiger partial charge in [0.1, 0.15) is 0 Å². The number of hydrogen-bond acceptors (Lipinski definition) is 3. The van der Waals surface area contributed by atoms with Gasteiger partial charge in [0.2, 0.25) is 0 Å². The molecular formula is C18H36N2O. The molecule has 2 N–H and O–H groups in total. The zero-order chi connectivity index (χ0) is 15.3. The second kappa shape index (κ2) is 7.94. The lowest BCUT2D eigenvalue weighted by atomic mass is 9.77. The predicted molar refractivity (Wildman–Crippen MR) is 89.5 cm³/mol. The molecule has 2 fully saturated rings. The zero-order valence-electron chi connectivity index (χ0n) is 14.4. The SMILES string of the molecule is COC1CCC(CN)(N(CCC(C)C)C2CCCC2)CC1. The standard InChI is InChI=1S/C18H36N2O/c1-15(2)10-13-20(16-6-4-5-7-16)18(14-19)11-8-17(21-3)9-12-18/h15-17H,4-14,19H2,1-3H3. The third-order valence-electron chi connectivity index (χ3n) is 5.90. The van der Waals surface area contributed by atoms with E-state index in [0.717, 1.165) is 18.5 Å². The Labute approximate surface area is 131 Å². The van der Waals surface area contributed by atoms with E-state index in [1.54, 1.807) is 0 Å². The van der Waals surface area contributed by atoms with E-state index < -0.39 is 0 Å². The molecular weight excluding hydrogens is 260 g/mol. The van der Waals surface area contributed by atoms with Crippen LogP contribution in [0.15, 0.2) is 0 Å². The smallest absolute Gasteiger partial charge is 0.0572 e. The lowest BCUT2D eigenvalue weighted by Gasteiger charge is -2.50. The van der Waals surface area contributed by atoms with Crippen molar-refractivity contribution in [3.63, 3.8) is 0 Å². The second-order valence-corrected chi connectivity index (χ2v) is 7.68. The average Bonchev–Trinajstić information content (AvgIpc) is 3.01. The molecule has 2 saturated carbocycles. The summed E-state index contributed by atoms with van der Waals surface area (Å²) in [6.07, 6.45) is 12.1. The molecule has 3 heteroatoms. The molecule has 0 unspecified atom stereocenters. The van der Waals surface area contributed by atoms with Gasteiger partial charge in [0.05, 0.1) is 6.10 Å². The molecule has 21 heavy (non-hydrogen) atoms. The average molecular weight is 296 g/mol. The molecule has 3 nitrogen and oxygen atoms in total. The highest BCUT2D eigenvalue weighted by molar-refractivity contribution is 4.99. The van der Waals surface area contributed by atoms with Crippen LogP contribution >= 0.6 is 0 Å². The molecule has 0 heterocycles. The van der Waals surface area contributed by atoms with Crippen LogP contribution < -0.4 is 5.73 Å². The summed E-state index contributed by atoms with van der Waals surface area (Å²) in [4.78, 5) is 2.84. The van der Waals surface area contributed by atoms with Gasteiger partial charge < -0.3 is 10.5 Å². The summed E-state index contributed by atoms with van der Waals surface area (Å²) in [6, 6.07) is 0.784. The van der Waals surface area contributed by atoms with Crippen molar-refractivity contribution in [3.05, 3.63) is 0 Å². The van der Waals surface area contributed by atoms with Gasteiger partial charge in [-0.1, -0.05) is 26.7 Å². The molecule has 0 atom stereocenters. The van der Waals surface area contributed by atoms with Crippen LogP contribution in [0.2, 0.25) is 0 Å². The Balaban J connectivity index is 2.08. The lowest BCUT2D eigenvalue weighted by Crippen LogP contribution is -2.59. The zero-order valence-corrected chi connectivity index (χ0v) is 14.4. The first-order valence-electron chi connectivity index (χ1n) is 9.11. The van der Waals surface area contributed by atoms with Crippen molar-refractivity contribution in [2.24, 2.45) is 11.7 Å². The van der Waals surface area contributed by atoms with Gasteiger partial charge in [-0.3, -0.25) is 4.90 Å². The van der Waals surface area contributed by atoms with Crippen LogP contribution in [0.1, 0.15) is 71.6 Å². The van der Waals surface area contributed by atoms with Gasteiger partial charge in [-0.2, -0.15) is 0 Å². The number of ether oxygens (including phenoxy) is 1. The summed E-state index contributed by atoms with van der Waals surface area (Å²) in [5.74, 6) is 0.777. The van der Waals surface area contributed by atoms with Gasteiger partial charge in [0.15, 0.2) is 0 Å². The molecule has 2 rings (SSSR count). The van der Waals surface area contributed by atoms with Gasteiger partial charge in [-0.15, -0.1) is 0 Å². The first kappa shape index (κ1) is 17.2. The van der Waals surface area contributed by atoms with E-state index in [4.69, 9.17) is 10.5 Å². The normalized spacial score (nSPS) is 31.4. The molecule has 0 aliphatic heterocycles. The topological polar surface area (TPSA) is 38.5 Å². The van der Waals surface area contributed by atoms with E-state index >= 15 is 0 Å². The van der Waals surface area contributed by atoms with Crippen LogP contribution in [0, 0.1) is 5.92 Å². The highest BCUT2D eigenvalue weighted by Gasteiger charge is 2.42.